The SMILES string of the molecule is COc1ccc(NC(=O)C[C@@H]2C(=O)N(c3cccc(OC)c3)C(=S)N2CCNC(C)=O)cc1. The average molecular weight is 471 g/mol. The Labute approximate surface area is 197 Å². The summed E-state index contributed by atoms with van der Waals surface area (Å²) in [5.41, 5.74) is 1.13. The molecule has 3 amide bonds. The number of amides is 3. The number of rotatable bonds is 9. The van der Waals surface area contributed by atoms with Crippen molar-refractivity contribution >= 4 is 46.4 Å². The molecule has 1 heterocycles. The second-order valence-electron chi connectivity index (χ2n) is 7.33. The highest BCUT2D eigenvalue weighted by Crippen LogP contribution is 2.29. The van der Waals surface area contributed by atoms with Crippen molar-refractivity contribution in [1.82, 2.24) is 10.2 Å². The Bertz CT molecular complexity index is 1040. The smallest absolute Gasteiger partial charge is 0.256 e. The highest BCUT2D eigenvalue weighted by molar-refractivity contribution is 7.80. The second-order valence-corrected chi connectivity index (χ2v) is 7.70. The zero-order chi connectivity index (χ0) is 24.0. The summed E-state index contributed by atoms with van der Waals surface area (Å²) in [5.74, 6) is 0.403. The molecule has 10 heteroatoms. The van der Waals surface area contributed by atoms with Gasteiger partial charge < -0.3 is 25.0 Å². The maximum Gasteiger partial charge on any atom is 0.256 e. The van der Waals surface area contributed by atoms with E-state index in [0.717, 1.165) is 0 Å². The van der Waals surface area contributed by atoms with Gasteiger partial charge in [-0.15, -0.1) is 0 Å². The van der Waals surface area contributed by atoms with E-state index >= 15 is 0 Å². The van der Waals surface area contributed by atoms with Gasteiger partial charge >= 0.3 is 0 Å². The van der Waals surface area contributed by atoms with Crippen molar-refractivity contribution in [1.29, 1.82) is 0 Å². The fourth-order valence-electron chi connectivity index (χ4n) is 3.49. The number of ether oxygens (including phenoxy) is 2. The molecule has 0 bridgehead atoms. The summed E-state index contributed by atoms with van der Waals surface area (Å²) in [6, 6.07) is 13.1. The van der Waals surface area contributed by atoms with Crippen molar-refractivity contribution in [2.45, 2.75) is 19.4 Å². The Morgan fingerprint density at radius 2 is 1.76 bits per heavy atom. The highest BCUT2D eigenvalue weighted by atomic mass is 32.1. The van der Waals surface area contributed by atoms with Gasteiger partial charge in [-0.2, -0.15) is 0 Å². The number of methoxy groups -OCH3 is 2. The van der Waals surface area contributed by atoms with Gasteiger partial charge in [0.15, 0.2) is 5.11 Å². The maximum atomic E-state index is 13.4. The molecule has 174 valence electrons. The molecule has 1 saturated heterocycles. The molecular formula is C23H26N4O5S. The first kappa shape index (κ1) is 24.0. The standard InChI is InChI=1S/C23H26N4O5S/c1-15(28)24-11-12-26-20(14-21(29)25-16-7-9-18(31-2)10-8-16)22(30)27(23(26)33)17-5-4-6-19(13-17)32-3/h4-10,13,20H,11-12,14H2,1-3H3,(H,24,28)(H,25,29)/t20-/m1/s1. The van der Waals surface area contributed by atoms with E-state index in [-0.39, 0.29) is 42.3 Å². The van der Waals surface area contributed by atoms with E-state index in [9.17, 15) is 14.4 Å². The third-order valence-corrected chi connectivity index (χ3v) is 5.53. The highest BCUT2D eigenvalue weighted by Gasteiger charge is 2.44. The predicted molar refractivity (Wildman–Crippen MR) is 128 cm³/mol. The lowest BCUT2D eigenvalue weighted by Gasteiger charge is -2.24. The predicted octanol–water partition coefficient (Wildman–Crippen LogP) is 2.17. The molecule has 2 aromatic carbocycles. The largest absolute Gasteiger partial charge is 0.497 e. The van der Waals surface area contributed by atoms with Crippen LogP contribution >= 0.6 is 12.2 Å². The van der Waals surface area contributed by atoms with Crippen molar-refractivity contribution in [3.05, 3.63) is 48.5 Å². The minimum Gasteiger partial charge on any atom is -0.497 e. The van der Waals surface area contributed by atoms with E-state index in [2.05, 4.69) is 10.6 Å². The van der Waals surface area contributed by atoms with Crippen LogP contribution in [0.3, 0.4) is 0 Å². The van der Waals surface area contributed by atoms with Gasteiger partial charge in [0.25, 0.3) is 5.91 Å². The summed E-state index contributed by atoms with van der Waals surface area (Å²) in [4.78, 5) is 40.5. The molecular weight excluding hydrogens is 444 g/mol. The molecule has 2 N–H and O–H groups in total. The summed E-state index contributed by atoms with van der Waals surface area (Å²) < 4.78 is 10.4. The number of anilines is 2. The molecule has 2 aromatic rings. The molecule has 9 nitrogen and oxygen atoms in total. The number of hydrogen-bond acceptors (Lipinski definition) is 6. The van der Waals surface area contributed by atoms with Crippen molar-refractivity contribution in [3.63, 3.8) is 0 Å². The van der Waals surface area contributed by atoms with Crippen LogP contribution in [0.4, 0.5) is 11.4 Å². The molecule has 0 spiro atoms. The first-order valence-corrected chi connectivity index (χ1v) is 10.7. The van der Waals surface area contributed by atoms with E-state index in [0.29, 0.717) is 22.9 Å². The lowest BCUT2D eigenvalue weighted by Crippen LogP contribution is -2.42. The van der Waals surface area contributed by atoms with E-state index in [1.165, 1.54) is 18.9 Å². The molecule has 0 saturated carbocycles. The van der Waals surface area contributed by atoms with E-state index in [1.54, 1.807) is 60.5 Å². The molecule has 1 aliphatic rings. The fourth-order valence-corrected chi connectivity index (χ4v) is 3.90. The van der Waals surface area contributed by atoms with Crippen LogP contribution in [0.15, 0.2) is 48.5 Å². The van der Waals surface area contributed by atoms with E-state index < -0.39 is 6.04 Å². The van der Waals surface area contributed by atoms with Gasteiger partial charge in [-0.3, -0.25) is 19.3 Å². The van der Waals surface area contributed by atoms with Gasteiger partial charge in [0, 0.05) is 31.8 Å². The van der Waals surface area contributed by atoms with Crippen molar-refractivity contribution in [2.75, 3.05) is 37.5 Å². The minimum absolute atomic E-state index is 0.106. The molecule has 3 rings (SSSR count). The first-order valence-electron chi connectivity index (χ1n) is 10.3. The van der Waals surface area contributed by atoms with E-state index in [4.69, 9.17) is 21.7 Å². The Morgan fingerprint density at radius 1 is 1.06 bits per heavy atom. The topological polar surface area (TPSA) is 100 Å². The van der Waals surface area contributed by atoms with Crippen LogP contribution in [0.25, 0.3) is 0 Å². The lowest BCUT2D eigenvalue weighted by atomic mass is 10.1. The third kappa shape index (κ3) is 5.78. The van der Waals surface area contributed by atoms with Crippen LogP contribution in [-0.4, -0.2) is 61.1 Å². The van der Waals surface area contributed by atoms with Crippen LogP contribution in [0.1, 0.15) is 13.3 Å². The summed E-state index contributed by atoms with van der Waals surface area (Å²) in [6.45, 7) is 1.98. The van der Waals surface area contributed by atoms with Gasteiger partial charge in [0.05, 0.1) is 26.3 Å². The summed E-state index contributed by atoms with van der Waals surface area (Å²) >= 11 is 5.60. The van der Waals surface area contributed by atoms with Crippen LogP contribution in [-0.2, 0) is 14.4 Å². The number of carbonyl (C=O) groups excluding carboxylic acids is 3. The Kier molecular flexibility index (Phi) is 7.83. The van der Waals surface area contributed by atoms with Crippen LogP contribution in [0.5, 0.6) is 11.5 Å². The molecule has 0 radical (unpaired) electrons. The molecule has 1 atom stereocenters. The molecule has 1 fully saturated rings. The number of carbonyl (C=O) groups is 3. The summed E-state index contributed by atoms with van der Waals surface area (Å²) in [7, 11) is 3.10. The van der Waals surface area contributed by atoms with Crippen LogP contribution in [0.2, 0.25) is 0 Å². The number of nitrogens with one attached hydrogen (secondary N) is 2. The average Bonchev–Trinajstić information content (AvgIpc) is 3.03. The van der Waals surface area contributed by atoms with Crippen molar-refractivity contribution < 1.29 is 23.9 Å². The number of hydrogen-bond donors (Lipinski definition) is 2. The fraction of sp³-hybridized carbons (Fsp3) is 0.304. The van der Waals surface area contributed by atoms with Gasteiger partial charge in [0.1, 0.15) is 17.5 Å². The number of benzene rings is 2. The van der Waals surface area contributed by atoms with Gasteiger partial charge in [-0.1, -0.05) is 6.07 Å². The minimum atomic E-state index is -0.810. The zero-order valence-electron chi connectivity index (χ0n) is 18.7. The second kappa shape index (κ2) is 10.8. The quantitative estimate of drug-likeness (QED) is 0.542. The monoisotopic (exact) mass is 470 g/mol. The van der Waals surface area contributed by atoms with Crippen molar-refractivity contribution in [3.8, 4) is 11.5 Å². The zero-order valence-corrected chi connectivity index (χ0v) is 19.5. The number of thiocarbonyl (C=S) groups is 1. The van der Waals surface area contributed by atoms with Crippen molar-refractivity contribution in [2.24, 2.45) is 0 Å². The Balaban J connectivity index is 1.80. The molecule has 1 aliphatic heterocycles. The Hall–Kier alpha value is -3.66. The Morgan fingerprint density at radius 3 is 2.39 bits per heavy atom. The molecule has 33 heavy (non-hydrogen) atoms. The summed E-state index contributed by atoms with van der Waals surface area (Å²) in [6.07, 6.45) is -0.106. The maximum absolute atomic E-state index is 13.4. The summed E-state index contributed by atoms with van der Waals surface area (Å²) in [5, 5.41) is 5.77. The van der Waals surface area contributed by atoms with Crippen LogP contribution in [0, 0.1) is 0 Å². The molecule has 0 aromatic heterocycles. The molecule has 0 unspecified atom stereocenters. The lowest BCUT2D eigenvalue weighted by molar-refractivity contribution is -0.124. The normalized spacial score (nSPS) is 15.4. The number of nitrogens with zero attached hydrogens (tertiary/aromatic N) is 2. The molecule has 0 aliphatic carbocycles. The van der Waals surface area contributed by atoms with Crippen LogP contribution < -0.4 is 25.0 Å². The third-order valence-electron chi connectivity index (χ3n) is 5.11. The van der Waals surface area contributed by atoms with Gasteiger partial charge in [-0.25, -0.2) is 0 Å². The van der Waals surface area contributed by atoms with Gasteiger partial charge in [-0.05, 0) is 48.6 Å². The first-order chi connectivity index (χ1) is 15.8. The van der Waals surface area contributed by atoms with Gasteiger partial charge in [0.2, 0.25) is 11.8 Å². The van der Waals surface area contributed by atoms with E-state index in [1.807, 2.05) is 0 Å².